The van der Waals surface area contributed by atoms with Crippen molar-refractivity contribution in [2.24, 2.45) is 0 Å². The van der Waals surface area contributed by atoms with Crippen LogP contribution in [0.2, 0.25) is 0 Å². The largest absolute Gasteiger partial charge is 0.347 e. The van der Waals surface area contributed by atoms with E-state index in [1.807, 2.05) is 30.1 Å². The number of hydrogen-bond donors (Lipinski definition) is 0. The third-order valence-corrected chi connectivity index (χ3v) is 5.91. The predicted octanol–water partition coefficient (Wildman–Crippen LogP) is 3.11. The second-order valence-electron chi connectivity index (χ2n) is 8.01. The van der Waals surface area contributed by atoms with Gasteiger partial charge in [0.05, 0.1) is 5.69 Å². The van der Waals surface area contributed by atoms with Gasteiger partial charge in [0.25, 0.3) is 5.91 Å². The summed E-state index contributed by atoms with van der Waals surface area (Å²) < 4.78 is 13.4. The maximum absolute atomic E-state index is 13.4. The molecule has 1 unspecified atom stereocenters. The average molecular weight is 368 g/mol. The van der Waals surface area contributed by atoms with Crippen molar-refractivity contribution in [3.05, 3.63) is 52.6 Å². The predicted molar refractivity (Wildman–Crippen MR) is 103 cm³/mol. The lowest BCUT2D eigenvalue weighted by Gasteiger charge is -2.40. The van der Waals surface area contributed by atoms with Crippen molar-refractivity contribution in [1.29, 1.82) is 0 Å². The summed E-state index contributed by atoms with van der Waals surface area (Å²) in [6, 6.07) is 4.39. The summed E-state index contributed by atoms with van der Waals surface area (Å²) in [5.41, 5.74) is 3.49. The second-order valence-corrected chi connectivity index (χ2v) is 8.01. The molecular formula is C21H25FN4O. The standard InChI is InChI=1S/C21H25FN4O/c1-14-11-16(22)5-6-17(14)19(27)26-10-4-8-21(13-26)9-7-15-12-23-20(25(2)3)24-18(15)21/h5-6,11-12H,4,7-10,13H2,1-3H3. The maximum atomic E-state index is 13.4. The van der Waals surface area contributed by atoms with Gasteiger partial charge in [-0.3, -0.25) is 4.79 Å². The Morgan fingerprint density at radius 2 is 2.11 bits per heavy atom. The highest BCUT2D eigenvalue weighted by Gasteiger charge is 2.45. The lowest BCUT2D eigenvalue weighted by molar-refractivity contribution is 0.0632. The summed E-state index contributed by atoms with van der Waals surface area (Å²) in [6.45, 7) is 3.19. The molecule has 1 aromatic heterocycles. The van der Waals surface area contributed by atoms with Gasteiger partial charge in [-0.1, -0.05) is 0 Å². The number of carbonyl (C=O) groups excluding carboxylic acids is 1. The molecule has 1 aliphatic heterocycles. The van der Waals surface area contributed by atoms with Gasteiger partial charge in [-0.2, -0.15) is 0 Å². The van der Waals surface area contributed by atoms with Crippen molar-refractivity contribution < 1.29 is 9.18 Å². The molecule has 0 bridgehead atoms. The van der Waals surface area contributed by atoms with Crippen LogP contribution in [0.3, 0.4) is 0 Å². The molecule has 4 rings (SSSR count). The van der Waals surface area contributed by atoms with E-state index in [0.29, 0.717) is 23.6 Å². The van der Waals surface area contributed by atoms with Crippen LogP contribution in [0.15, 0.2) is 24.4 Å². The highest BCUT2D eigenvalue weighted by molar-refractivity contribution is 5.95. The van der Waals surface area contributed by atoms with E-state index < -0.39 is 0 Å². The molecule has 0 saturated carbocycles. The molecule has 1 spiro atoms. The zero-order valence-electron chi connectivity index (χ0n) is 16.1. The van der Waals surface area contributed by atoms with E-state index in [1.165, 1.54) is 17.7 Å². The molecule has 1 saturated heterocycles. The van der Waals surface area contributed by atoms with Crippen LogP contribution >= 0.6 is 0 Å². The van der Waals surface area contributed by atoms with Crippen LogP contribution in [0.4, 0.5) is 10.3 Å². The fourth-order valence-electron chi connectivity index (χ4n) is 4.49. The Hall–Kier alpha value is -2.50. The lowest BCUT2D eigenvalue weighted by atomic mass is 9.77. The van der Waals surface area contributed by atoms with Crippen LogP contribution in [0.5, 0.6) is 0 Å². The molecule has 27 heavy (non-hydrogen) atoms. The van der Waals surface area contributed by atoms with Crippen LogP contribution in [-0.4, -0.2) is 48.0 Å². The molecule has 1 fully saturated rings. The minimum atomic E-state index is -0.309. The number of likely N-dealkylation sites (tertiary alicyclic amines) is 1. The first kappa shape index (κ1) is 17.9. The van der Waals surface area contributed by atoms with Gasteiger partial charge in [-0.15, -0.1) is 0 Å². The highest BCUT2D eigenvalue weighted by Crippen LogP contribution is 2.44. The van der Waals surface area contributed by atoms with E-state index >= 15 is 0 Å². The molecule has 2 aromatic rings. The molecule has 1 aliphatic carbocycles. The number of rotatable bonds is 2. The van der Waals surface area contributed by atoms with Crippen LogP contribution in [-0.2, 0) is 11.8 Å². The van der Waals surface area contributed by atoms with E-state index in [1.54, 1.807) is 13.0 Å². The number of carbonyl (C=O) groups is 1. The highest BCUT2D eigenvalue weighted by atomic mass is 19.1. The monoisotopic (exact) mass is 368 g/mol. The van der Waals surface area contributed by atoms with Gasteiger partial charge in [0.1, 0.15) is 5.82 Å². The smallest absolute Gasteiger partial charge is 0.254 e. The van der Waals surface area contributed by atoms with Gasteiger partial charge in [0.2, 0.25) is 5.95 Å². The first-order valence-electron chi connectivity index (χ1n) is 9.49. The first-order valence-corrected chi connectivity index (χ1v) is 9.49. The van der Waals surface area contributed by atoms with Gasteiger partial charge in [-0.25, -0.2) is 14.4 Å². The number of amides is 1. The van der Waals surface area contributed by atoms with Crippen LogP contribution in [0.1, 0.15) is 46.4 Å². The number of hydrogen-bond acceptors (Lipinski definition) is 4. The van der Waals surface area contributed by atoms with E-state index in [9.17, 15) is 9.18 Å². The molecule has 0 N–H and O–H groups in total. The van der Waals surface area contributed by atoms with Crippen LogP contribution in [0, 0.1) is 12.7 Å². The second kappa shape index (κ2) is 6.59. The van der Waals surface area contributed by atoms with E-state index in [0.717, 1.165) is 37.9 Å². The number of piperidine rings is 1. The minimum absolute atomic E-state index is 0.0121. The minimum Gasteiger partial charge on any atom is -0.347 e. The van der Waals surface area contributed by atoms with Crippen molar-refractivity contribution >= 4 is 11.9 Å². The zero-order chi connectivity index (χ0) is 19.2. The van der Waals surface area contributed by atoms with Crippen molar-refractivity contribution in [1.82, 2.24) is 14.9 Å². The first-order chi connectivity index (χ1) is 12.9. The summed E-state index contributed by atoms with van der Waals surface area (Å²) in [4.78, 5) is 26.3. The number of aromatic nitrogens is 2. The van der Waals surface area contributed by atoms with E-state index in [4.69, 9.17) is 4.98 Å². The fourth-order valence-corrected chi connectivity index (χ4v) is 4.49. The summed E-state index contributed by atoms with van der Waals surface area (Å²) in [5.74, 6) is 0.395. The molecule has 1 atom stereocenters. The molecule has 2 heterocycles. The van der Waals surface area contributed by atoms with Gasteiger partial charge in [0.15, 0.2) is 0 Å². The lowest BCUT2D eigenvalue weighted by Crippen LogP contribution is -2.48. The van der Waals surface area contributed by atoms with Crippen molar-refractivity contribution in [3.8, 4) is 0 Å². The Morgan fingerprint density at radius 3 is 2.85 bits per heavy atom. The zero-order valence-corrected chi connectivity index (χ0v) is 16.1. The third-order valence-electron chi connectivity index (χ3n) is 5.91. The van der Waals surface area contributed by atoms with Gasteiger partial charge in [0, 0.05) is 44.4 Å². The fraction of sp³-hybridized carbons (Fsp3) is 0.476. The Balaban J connectivity index is 1.65. The summed E-state index contributed by atoms with van der Waals surface area (Å²) >= 11 is 0. The Morgan fingerprint density at radius 1 is 1.30 bits per heavy atom. The van der Waals surface area contributed by atoms with Gasteiger partial charge < -0.3 is 9.80 Å². The molecule has 5 nitrogen and oxygen atoms in total. The Labute approximate surface area is 159 Å². The normalized spacial score (nSPS) is 21.4. The molecule has 0 radical (unpaired) electrons. The van der Waals surface area contributed by atoms with Crippen LogP contribution in [0.25, 0.3) is 0 Å². The van der Waals surface area contributed by atoms with Crippen molar-refractivity contribution in [2.75, 3.05) is 32.1 Å². The summed E-state index contributed by atoms with van der Waals surface area (Å²) in [5, 5.41) is 0. The molecule has 6 heteroatoms. The Bertz CT molecular complexity index is 894. The molecule has 2 aliphatic rings. The third kappa shape index (κ3) is 3.07. The van der Waals surface area contributed by atoms with E-state index in [2.05, 4.69) is 4.98 Å². The van der Waals surface area contributed by atoms with Crippen molar-refractivity contribution in [2.45, 2.75) is 38.0 Å². The number of halogens is 1. The number of fused-ring (bicyclic) bond motifs is 2. The number of nitrogens with zero attached hydrogens (tertiary/aromatic N) is 4. The Kier molecular flexibility index (Phi) is 4.36. The molecule has 142 valence electrons. The molecule has 1 amide bonds. The maximum Gasteiger partial charge on any atom is 0.254 e. The molecular weight excluding hydrogens is 343 g/mol. The van der Waals surface area contributed by atoms with Gasteiger partial charge >= 0.3 is 0 Å². The van der Waals surface area contributed by atoms with Crippen LogP contribution < -0.4 is 4.90 Å². The quantitative estimate of drug-likeness (QED) is 0.817. The van der Waals surface area contributed by atoms with Crippen molar-refractivity contribution in [3.63, 3.8) is 0 Å². The molecule has 1 aromatic carbocycles. The SMILES string of the molecule is Cc1cc(F)ccc1C(=O)N1CCCC2(CCc3cnc(N(C)C)nc32)C1. The average Bonchev–Trinajstić information content (AvgIpc) is 2.98. The van der Waals surface area contributed by atoms with Gasteiger partial charge in [-0.05, 0) is 61.9 Å². The summed E-state index contributed by atoms with van der Waals surface area (Å²) in [7, 11) is 3.88. The topological polar surface area (TPSA) is 49.3 Å². The number of benzene rings is 1. The number of aryl methyl sites for hydroxylation is 2. The van der Waals surface area contributed by atoms with E-state index in [-0.39, 0.29) is 17.1 Å². The number of anilines is 1. The summed E-state index contributed by atoms with van der Waals surface area (Å²) in [6.07, 6.45) is 5.89.